The molecule has 1 aliphatic rings. The summed E-state index contributed by atoms with van der Waals surface area (Å²) in [6.07, 6.45) is 1.91. The van der Waals surface area contributed by atoms with E-state index in [1.165, 1.54) is 25.1 Å². The largest absolute Gasteiger partial charge is 0.481 e. The van der Waals surface area contributed by atoms with Crippen molar-refractivity contribution in [3.05, 3.63) is 70.9 Å². The number of ketones is 1. The molecule has 3 unspecified atom stereocenters. The van der Waals surface area contributed by atoms with Gasteiger partial charge in [-0.15, -0.1) is 0 Å². The zero-order chi connectivity index (χ0) is 24.8. The van der Waals surface area contributed by atoms with E-state index in [9.17, 15) is 34.1 Å². The highest BCUT2D eigenvalue weighted by atomic mass is 19.1. The van der Waals surface area contributed by atoms with Gasteiger partial charge in [0.2, 0.25) is 5.78 Å². The van der Waals surface area contributed by atoms with Crippen LogP contribution in [0, 0.1) is 17.2 Å². The van der Waals surface area contributed by atoms with E-state index in [0.717, 1.165) is 6.08 Å². The van der Waals surface area contributed by atoms with Crippen molar-refractivity contribution in [3.8, 4) is 0 Å². The smallest absolute Gasteiger partial charge is 0.336 e. The van der Waals surface area contributed by atoms with Crippen molar-refractivity contribution in [3.63, 3.8) is 0 Å². The molecule has 176 valence electrons. The summed E-state index contributed by atoms with van der Waals surface area (Å²) in [6, 6.07) is 7.42. The quantitative estimate of drug-likeness (QED) is 0.442. The van der Waals surface area contributed by atoms with Crippen molar-refractivity contribution in [2.24, 2.45) is 11.3 Å². The Morgan fingerprint density at radius 2 is 1.73 bits per heavy atom. The van der Waals surface area contributed by atoms with Crippen LogP contribution in [0.15, 0.2) is 46.9 Å². The molecule has 3 atom stereocenters. The Bertz CT molecular complexity index is 1120. The molecule has 33 heavy (non-hydrogen) atoms. The van der Waals surface area contributed by atoms with Crippen LogP contribution in [0.4, 0.5) is 4.39 Å². The number of halogens is 1. The molecule has 1 aromatic carbocycles. The first-order chi connectivity index (χ1) is 15.2. The maximum absolute atomic E-state index is 13.5. The Labute approximate surface area is 190 Å². The second-order valence-corrected chi connectivity index (χ2v) is 9.85. The van der Waals surface area contributed by atoms with Gasteiger partial charge in [0.25, 0.3) is 0 Å². The number of hydrogen-bond acceptors (Lipinski definition) is 5. The van der Waals surface area contributed by atoms with Crippen molar-refractivity contribution in [2.75, 3.05) is 0 Å². The maximum Gasteiger partial charge on any atom is 0.336 e. The third-order valence-electron chi connectivity index (χ3n) is 6.03. The number of carboxylic acid groups (broad SMARTS) is 2. The van der Waals surface area contributed by atoms with E-state index < -0.39 is 52.3 Å². The number of carbonyl (C=O) groups is 3. The van der Waals surface area contributed by atoms with Crippen LogP contribution in [0.3, 0.4) is 0 Å². The zero-order valence-corrected chi connectivity index (χ0v) is 18.9. The molecular formula is C25H27FO7. The number of aliphatic carboxylic acids is 2. The van der Waals surface area contributed by atoms with Crippen LogP contribution in [0.25, 0.3) is 0 Å². The Kier molecular flexibility index (Phi) is 6.10. The summed E-state index contributed by atoms with van der Waals surface area (Å²) in [5, 5.41) is 30.2. The minimum atomic E-state index is -2.64. The van der Waals surface area contributed by atoms with E-state index in [2.05, 4.69) is 0 Å². The van der Waals surface area contributed by atoms with Gasteiger partial charge in [-0.1, -0.05) is 45.1 Å². The lowest BCUT2D eigenvalue weighted by molar-refractivity contribution is -0.169. The molecule has 7 nitrogen and oxygen atoms in total. The van der Waals surface area contributed by atoms with Crippen molar-refractivity contribution in [2.45, 2.75) is 51.6 Å². The lowest BCUT2D eigenvalue weighted by Gasteiger charge is -2.38. The number of rotatable bonds is 6. The lowest BCUT2D eigenvalue weighted by atomic mass is 9.66. The minimum absolute atomic E-state index is 0.113. The Morgan fingerprint density at radius 1 is 1.12 bits per heavy atom. The molecule has 0 bridgehead atoms. The van der Waals surface area contributed by atoms with Gasteiger partial charge in [0.05, 0.1) is 11.3 Å². The van der Waals surface area contributed by atoms with Crippen LogP contribution in [0.2, 0.25) is 0 Å². The zero-order valence-electron chi connectivity index (χ0n) is 18.9. The predicted molar refractivity (Wildman–Crippen MR) is 117 cm³/mol. The average Bonchev–Trinajstić information content (AvgIpc) is 3.13. The number of furan rings is 1. The van der Waals surface area contributed by atoms with Gasteiger partial charge in [-0.05, 0) is 30.7 Å². The van der Waals surface area contributed by atoms with Gasteiger partial charge in [-0.2, -0.15) is 0 Å². The first-order valence-corrected chi connectivity index (χ1v) is 10.5. The van der Waals surface area contributed by atoms with Gasteiger partial charge >= 0.3 is 11.9 Å². The standard InChI is InChI=1S/C25H27FO7/c1-23(2,3)18-12-15(11-14-5-7-16(26)8-6-14)20(33-18)19(27)17-9-10-24(4,21(28)29)13-25(17,32)22(30)31/h5-10,12,17,32H,11,13H2,1-4H3,(H,28,29)(H,30,31). The molecule has 0 spiro atoms. The van der Waals surface area contributed by atoms with Gasteiger partial charge in [0.15, 0.2) is 11.4 Å². The molecule has 1 aliphatic carbocycles. The molecule has 1 heterocycles. The molecule has 0 radical (unpaired) electrons. The molecule has 1 aromatic heterocycles. The second kappa shape index (κ2) is 8.26. The maximum atomic E-state index is 13.5. The number of carbonyl (C=O) groups excluding carboxylic acids is 1. The van der Waals surface area contributed by atoms with Crippen LogP contribution in [-0.4, -0.2) is 38.6 Å². The minimum Gasteiger partial charge on any atom is -0.481 e. The molecule has 2 aromatic rings. The number of hydrogen-bond donors (Lipinski definition) is 3. The number of aliphatic hydroxyl groups is 1. The van der Waals surface area contributed by atoms with Crippen molar-refractivity contribution in [1.29, 1.82) is 0 Å². The van der Waals surface area contributed by atoms with Gasteiger partial charge in [-0.3, -0.25) is 9.59 Å². The van der Waals surface area contributed by atoms with Crippen LogP contribution in [0.1, 0.15) is 61.6 Å². The van der Waals surface area contributed by atoms with Crippen LogP contribution in [0.5, 0.6) is 0 Å². The topological polar surface area (TPSA) is 125 Å². The first kappa shape index (κ1) is 24.4. The van der Waals surface area contributed by atoms with E-state index in [0.29, 0.717) is 16.9 Å². The third kappa shape index (κ3) is 4.61. The van der Waals surface area contributed by atoms with Gasteiger partial charge in [-0.25, -0.2) is 9.18 Å². The van der Waals surface area contributed by atoms with E-state index >= 15 is 0 Å². The van der Waals surface area contributed by atoms with Crippen molar-refractivity contribution >= 4 is 17.7 Å². The highest BCUT2D eigenvalue weighted by molar-refractivity contribution is 6.02. The van der Waals surface area contributed by atoms with E-state index in [1.54, 1.807) is 18.2 Å². The number of carboxylic acids is 2. The van der Waals surface area contributed by atoms with Gasteiger partial charge in [0, 0.05) is 23.8 Å². The summed E-state index contributed by atoms with van der Waals surface area (Å²) in [4.78, 5) is 37.2. The molecule has 0 amide bonds. The van der Waals surface area contributed by atoms with Crippen LogP contribution in [-0.2, 0) is 21.4 Å². The monoisotopic (exact) mass is 458 g/mol. The normalized spacial score (nSPS) is 25.1. The average molecular weight is 458 g/mol. The lowest BCUT2D eigenvalue weighted by Crippen LogP contribution is -2.54. The molecule has 3 rings (SSSR count). The molecule has 3 N–H and O–H groups in total. The van der Waals surface area contributed by atoms with E-state index in [1.807, 2.05) is 20.8 Å². The third-order valence-corrected chi connectivity index (χ3v) is 6.03. The summed E-state index contributed by atoms with van der Waals surface area (Å²) >= 11 is 0. The van der Waals surface area contributed by atoms with Crippen LogP contribution < -0.4 is 0 Å². The second-order valence-electron chi connectivity index (χ2n) is 9.85. The highest BCUT2D eigenvalue weighted by Gasteiger charge is 2.56. The summed E-state index contributed by atoms with van der Waals surface area (Å²) in [6.45, 7) is 6.93. The molecule has 0 aliphatic heterocycles. The fourth-order valence-corrected chi connectivity index (χ4v) is 3.96. The highest BCUT2D eigenvalue weighted by Crippen LogP contribution is 2.43. The van der Waals surface area contributed by atoms with E-state index in [-0.39, 0.29) is 12.2 Å². The fourth-order valence-electron chi connectivity index (χ4n) is 3.96. The Balaban J connectivity index is 2.09. The Morgan fingerprint density at radius 3 is 2.24 bits per heavy atom. The fraction of sp³-hybridized carbons (Fsp3) is 0.400. The van der Waals surface area contributed by atoms with E-state index in [4.69, 9.17) is 4.42 Å². The first-order valence-electron chi connectivity index (χ1n) is 10.5. The van der Waals surface area contributed by atoms with Gasteiger partial charge in [0.1, 0.15) is 11.6 Å². The molecule has 0 saturated carbocycles. The number of Topliss-reactive ketones (excluding diaryl/α,β-unsaturated/α-hetero) is 1. The summed E-state index contributed by atoms with van der Waals surface area (Å²) in [5.74, 6) is -5.35. The summed E-state index contributed by atoms with van der Waals surface area (Å²) in [5.41, 5.74) is -3.59. The van der Waals surface area contributed by atoms with Crippen molar-refractivity contribution < 1.29 is 38.5 Å². The molecule has 0 saturated heterocycles. The Hall–Kier alpha value is -3.26. The number of benzene rings is 1. The van der Waals surface area contributed by atoms with Crippen LogP contribution >= 0.6 is 0 Å². The SMILES string of the molecule is CC1(C(=O)O)C=CC(C(=O)c2oc(C(C)(C)C)cc2Cc2ccc(F)cc2)C(O)(C(=O)O)C1. The van der Waals surface area contributed by atoms with Gasteiger partial charge < -0.3 is 19.7 Å². The summed E-state index contributed by atoms with van der Waals surface area (Å²) < 4.78 is 19.2. The molecule has 8 heteroatoms. The predicted octanol–water partition coefficient (Wildman–Crippen LogP) is 3.97. The van der Waals surface area contributed by atoms with Crippen molar-refractivity contribution in [1.82, 2.24) is 0 Å². The summed E-state index contributed by atoms with van der Waals surface area (Å²) in [7, 11) is 0. The molecule has 0 fully saturated rings. The molecular weight excluding hydrogens is 431 g/mol.